The minimum Gasteiger partial charge on any atom is -0.396 e. The Bertz CT molecular complexity index is 952. The molecule has 6 nitrogen and oxygen atoms in total. The summed E-state index contributed by atoms with van der Waals surface area (Å²) in [4.78, 5) is 24.9. The summed E-state index contributed by atoms with van der Waals surface area (Å²) in [6, 6.07) is 8.08. The van der Waals surface area contributed by atoms with E-state index in [1.165, 1.54) is 23.1 Å². The molecule has 2 heterocycles. The normalized spacial score (nSPS) is 19.9. The third-order valence-electron chi connectivity index (χ3n) is 4.74. The van der Waals surface area contributed by atoms with Crippen LogP contribution in [0.25, 0.3) is 20.8 Å². The molecule has 0 aliphatic heterocycles. The summed E-state index contributed by atoms with van der Waals surface area (Å²) in [7, 11) is 0. The third-order valence-corrected chi connectivity index (χ3v) is 6.37. The molecule has 1 fully saturated rings. The van der Waals surface area contributed by atoms with E-state index in [9.17, 15) is 9.90 Å². The monoisotopic (exact) mass is 388 g/mol. The molecule has 0 spiro atoms. The largest absolute Gasteiger partial charge is 0.396 e. The van der Waals surface area contributed by atoms with Crippen molar-refractivity contribution in [3.05, 3.63) is 34.6 Å². The fourth-order valence-electron chi connectivity index (χ4n) is 3.40. The second-order valence-corrected chi connectivity index (χ2v) is 8.31. The molecule has 1 aliphatic rings. The number of hydrogen-bond donors (Lipinski definition) is 3. The van der Waals surface area contributed by atoms with Gasteiger partial charge in [0.05, 0.1) is 10.2 Å². The second-order valence-electron chi connectivity index (χ2n) is 6.49. The number of thioether (sulfide) groups is 1. The van der Waals surface area contributed by atoms with E-state index in [0.29, 0.717) is 27.5 Å². The minimum atomic E-state index is -0.178. The number of para-hydroxylation sites is 1. The van der Waals surface area contributed by atoms with Gasteiger partial charge in [0.25, 0.3) is 5.56 Å². The minimum absolute atomic E-state index is 0.178. The van der Waals surface area contributed by atoms with Gasteiger partial charge in [0.1, 0.15) is 16.4 Å². The summed E-state index contributed by atoms with van der Waals surface area (Å²) < 4.78 is 1.04. The van der Waals surface area contributed by atoms with Gasteiger partial charge >= 0.3 is 0 Å². The van der Waals surface area contributed by atoms with Crippen molar-refractivity contribution in [2.24, 2.45) is 5.92 Å². The van der Waals surface area contributed by atoms with Crippen molar-refractivity contribution in [1.29, 1.82) is 0 Å². The Kier molecular flexibility index (Phi) is 4.97. The Labute approximate surface area is 159 Å². The number of thiazole rings is 1. The van der Waals surface area contributed by atoms with Gasteiger partial charge in [-0.05, 0) is 43.6 Å². The molecule has 3 aromatic rings. The van der Waals surface area contributed by atoms with E-state index in [4.69, 9.17) is 0 Å². The summed E-state index contributed by atoms with van der Waals surface area (Å²) in [6.07, 6.45) is 4.73. The van der Waals surface area contributed by atoms with Gasteiger partial charge in [-0.15, -0.1) is 11.3 Å². The molecule has 2 aromatic heterocycles. The van der Waals surface area contributed by atoms with Crippen LogP contribution in [-0.4, -0.2) is 39.0 Å². The number of benzene rings is 1. The van der Waals surface area contributed by atoms with Gasteiger partial charge in [-0.3, -0.25) is 4.79 Å². The first kappa shape index (κ1) is 17.5. The van der Waals surface area contributed by atoms with Gasteiger partial charge in [0.15, 0.2) is 5.16 Å². The topological polar surface area (TPSA) is 90.9 Å². The number of fused-ring (bicyclic) bond motifs is 1. The molecule has 2 atom stereocenters. The van der Waals surface area contributed by atoms with Crippen LogP contribution < -0.4 is 10.9 Å². The van der Waals surface area contributed by atoms with Gasteiger partial charge in [0, 0.05) is 12.6 Å². The fraction of sp³-hybridized carbons (Fsp3) is 0.389. The first-order valence-corrected chi connectivity index (χ1v) is 10.6. The van der Waals surface area contributed by atoms with E-state index in [0.717, 1.165) is 29.5 Å². The van der Waals surface area contributed by atoms with Crippen molar-refractivity contribution in [3.63, 3.8) is 0 Å². The molecule has 136 valence electrons. The highest BCUT2D eigenvalue weighted by Crippen LogP contribution is 2.34. The van der Waals surface area contributed by atoms with E-state index in [1.54, 1.807) is 0 Å². The summed E-state index contributed by atoms with van der Waals surface area (Å²) in [5.74, 6) is 0.904. The van der Waals surface area contributed by atoms with Crippen molar-refractivity contribution in [2.75, 3.05) is 18.2 Å². The Morgan fingerprint density at radius 1 is 1.35 bits per heavy atom. The summed E-state index contributed by atoms with van der Waals surface area (Å²) >= 11 is 2.90. The number of rotatable bonds is 5. The lowest BCUT2D eigenvalue weighted by Crippen LogP contribution is -2.22. The zero-order chi connectivity index (χ0) is 18.1. The van der Waals surface area contributed by atoms with Crippen LogP contribution in [0.2, 0.25) is 0 Å². The van der Waals surface area contributed by atoms with Gasteiger partial charge in [-0.25, -0.2) is 9.97 Å². The first-order valence-electron chi connectivity index (χ1n) is 8.59. The molecular weight excluding hydrogens is 368 g/mol. The van der Waals surface area contributed by atoms with Crippen LogP contribution in [0.4, 0.5) is 5.82 Å². The maximum absolute atomic E-state index is 12.8. The number of anilines is 1. The number of nitrogens with zero attached hydrogens (tertiary/aromatic N) is 2. The van der Waals surface area contributed by atoms with Crippen LogP contribution in [0.1, 0.15) is 19.3 Å². The Balaban J connectivity index is 1.76. The lowest BCUT2D eigenvalue weighted by molar-refractivity contribution is 0.229. The quantitative estimate of drug-likeness (QED) is 0.459. The van der Waals surface area contributed by atoms with Crippen molar-refractivity contribution in [2.45, 2.75) is 30.5 Å². The molecule has 0 saturated heterocycles. The number of aromatic amines is 1. The number of aromatic nitrogens is 3. The number of aliphatic hydroxyl groups excluding tert-OH is 1. The Hall–Kier alpha value is -1.90. The van der Waals surface area contributed by atoms with E-state index in [-0.39, 0.29) is 18.2 Å². The van der Waals surface area contributed by atoms with Gasteiger partial charge < -0.3 is 15.4 Å². The summed E-state index contributed by atoms with van der Waals surface area (Å²) in [6.45, 7) is 0.210. The van der Waals surface area contributed by atoms with Gasteiger partial charge in [-0.2, -0.15) is 0 Å². The SMILES string of the molecule is CSc1nc(NC2CCC(CO)C2)c(-c2nc3ccccc3s2)c(=O)[nH]1. The van der Waals surface area contributed by atoms with Crippen LogP contribution >= 0.6 is 23.1 Å². The van der Waals surface area contributed by atoms with Crippen LogP contribution in [0, 0.1) is 5.92 Å². The third kappa shape index (κ3) is 3.36. The number of H-pyrrole nitrogens is 1. The molecule has 0 bridgehead atoms. The highest BCUT2D eigenvalue weighted by Gasteiger charge is 2.26. The predicted molar refractivity (Wildman–Crippen MR) is 107 cm³/mol. The van der Waals surface area contributed by atoms with E-state index >= 15 is 0 Å². The molecule has 1 aliphatic carbocycles. The number of aliphatic hydroxyl groups is 1. The van der Waals surface area contributed by atoms with E-state index in [1.807, 2.05) is 30.5 Å². The van der Waals surface area contributed by atoms with Crippen molar-refractivity contribution in [3.8, 4) is 10.6 Å². The second kappa shape index (κ2) is 7.38. The molecule has 0 amide bonds. The zero-order valence-electron chi connectivity index (χ0n) is 14.4. The molecule has 4 rings (SSSR count). The predicted octanol–water partition coefficient (Wildman–Crippen LogP) is 3.34. The molecule has 1 saturated carbocycles. The number of hydrogen-bond acceptors (Lipinski definition) is 7. The van der Waals surface area contributed by atoms with E-state index < -0.39 is 0 Å². The molecule has 8 heteroatoms. The fourth-order valence-corrected chi connectivity index (χ4v) is 4.78. The van der Waals surface area contributed by atoms with E-state index in [2.05, 4.69) is 20.3 Å². The smallest absolute Gasteiger partial charge is 0.264 e. The highest BCUT2D eigenvalue weighted by molar-refractivity contribution is 7.98. The lowest BCUT2D eigenvalue weighted by Gasteiger charge is -2.16. The van der Waals surface area contributed by atoms with Crippen LogP contribution in [0.3, 0.4) is 0 Å². The molecule has 2 unspecified atom stereocenters. The van der Waals surface area contributed by atoms with Crippen molar-refractivity contribution >= 4 is 39.1 Å². The van der Waals surface area contributed by atoms with Gasteiger partial charge in [-0.1, -0.05) is 23.9 Å². The lowest BCUT2D eigenvalue weighted by atomic mass is 10.1. The average Bonchev–Trinajstić information content (AvgIpc) is 3.27. The molecule has 1 aromatic carbocycles. The van der Waals surface area contributed by atoms with Gasteiger partial charge in [0.2, 0.25) is 0 Å². The molecular formula is C18H20N4O2S2. The number of nitrogens with one attached hydrogen (secondary N) is 2. The van der Waals surface area contributed by atoms with Crippen LogP contribution in [0.5, 0.6) is 0 Å². The summed E-state index contributed by atoms with van der Waals surface area (Å²) in [5, 5.41) is 14.1. The summed E-state index contributed by atoms with van der Waals surface area (Å²) in [5.41, 5.74) is 1.20. The maximum atomic E-state index is 12.8. The van der Waals surface area contributed by atoms with Crippen LogP contribution in [0.15, 0.2) is 34.2 Å². The van der Waals surface area contributed by atoms with Crippen LogP contribution in [-0.2, 0) is 0 Å². The Morgan fingerprint density at radius 3 is 2.92 bits per heavy atom. The molecule has 3 N–H and O–H groups in total. The van der Waals surface area contributed by atoms with Crippen molar-refractivity contribution < 1.29 is 5.11 Å². The highest BCUT2D eigenvalue weighted by atomic mass is 32.2. The maximum Gasteiger partial charge on any atom is 0.264 e. The average molecular weight is 389 g/mol. The van der Waals surface area contributed by atoms with Crippen molar-refractivity contribution in [1.82, 2.24) is 15.0 Å². The first-order chi connectivity index (χ1) is 12.7. The standard InChI is InChI=1S/C18H20N4O2S2/c1-25-18-21-15(19-11-7-6-10(8-11)9-23)14(16(24)22-18)17-20-12-4-2-3-5-13(12)26-17/h2-5,10-11,23H,6-9H2,1H3,(H2,19,21,22,24). The molecule has 0 radical (unpaired) electrons. The molecule has 26 heavy (non-hydrogen) atoms. The Morgan fingerprint density at radius 2 is 2.19 bits per heavy atom. The zero-order valence-corrected chi connectivity index (χ0v) is 16.0.